The number of rotatable bonds is 6. The topological polar surface area (TPSA) is 84.1 Å². The van der Waals surface area contributed by atoms with Crippen LogP contribution in [0.2, 0.25) is 0 Å². The number of hydrogen-bond acceptors (Lipinski definition) is 6. The second kappa shape index (κ2) is 7.51. The van der Waals surface area contributed by atoms with Crippen molar-refractivity contribution in [2.45, 2.75) is 13.5 Å². The molecule has 0 spiro atoms. The minimum absolute atomic E-state index is 0.0595. The Labute approximate surface area is 161 Å². The second-order valence-corrected chi connectivity index (χ2v) is 6.19. The lowest BCUT2D eigenvalue weighted by Gasteiger charge is -2.09. The molecule has 28 heavy (non-hydrogen) atoms. The molecule has 4 rings (SSSR count). The van der Waals surface area contributed by atoms with Crippen molar-refractivity contribution in [1.29, 1.82) is 0 Å². The van der Waals surface area contributed by atoms with E-state index in [1.54, 1.807) is 28.0 Å². The van der Waals surface area contributed by atoms with E-state index in [-0.39, 0.29) is 12.0 Å². The van der Waals surface area contributed by atoms with E-state index in [1.165, 1.54) is 6.07 Å². The SMILES string of the molecule is CCOc1cnc2ccc(OCc3nn(-c4cnn(C)c4)ccc3=O)cc2c1. The van der Waals surface area contributed by atoms with Gasteiger partial charge in [-0.3, -0.25) is 14.5 Å². The van der Waals surface area contributed by atoms with E-state index in [0.29, 0.717) is 23.8 Å². The van der Waals surface area contributed by atoms with Crippen molar-refractivity contribution in [3.8, 4) is 17.2 Å². The number of aryl methyl sites for hydroxylation is 1. The molecule has 142 valence electrons. The molecule has 0 atom stereocenters. The fraction of sp³-hybridized carbons (Fsp3) is 0.200. The van der Waals surface area contributed by atoms with Crippen LogP contribution in [0.15, 0.2) is 59.9 Å². The molecular formula is C20H19N5O3. The highest BCUT2D eigenvalue weighted by Gasteiger charge is 2.07. The third kappa shape index (κ3) is 3.71. The highest BCUT2D eigenvalue weighted by atomic mass is 16.5. The van der Waals surface area contributed by atoms with Crippen LogP contribution < -0.4 is 14.9 Å². The highest BCUT2D eigenvalue weighted by molar-refractivity contribution is 5.81. The highest BCUT2D eigenvalue weighted by Crippen LogP contribution is 2.23. The van der Waals surface area contributed by atoms with Crippen LogP contribution in [0.25, 0.3) is 16.6 Å². The Bertz CT molecular complexity index is 1180. The largest absolute Gasteiger partial charge is 0.492 e. The third-order valence-corrected chi connectivity index (χ3v) is 4.15. The lowest BCUT2D eigenvalue weighted by molar-refractivity contribution is 0.298. The van der Waals surface area contributed by atoms with Gasteiger partial charge in [0.15, 0.2) is 0 Å². The van der Waals surface area contributed by atoms with Gasteiger partial charge in [0.1, 0.15) is 29.5 Å². The molecule has 0 unspecified atom stereocenters. The predicted molar refractivity (Wildman–Crippen MR) is 104 cm³/mol. The van der Waals surface area contributed by atoms with Crippen molar-refractivity contribution < 1.29 is 9.47 Å². The smallest absolute Gasteiger partial charge is 0.206 e. The zero-order valence-corrected chi connectivity index (χ0v) is 15.6. The first-order valence-corrected chi connectivity index (χ1v) is 8.85. The first-order chi connectivity index (χ1) is 13.6. The van der Waals surface area contributed by atoms with Crippen molar-refractivity contribution >= 4 is 10.9 Å². The molecule has 4 aromatic rings. The Balaban J connectivity index is 1.56. The van der Waals surface area contributed by atoms with Crippen LogP contribution in [0.3, 0.4) is 0 Å². The number of hydrogen-bond donors (Lipinski definition) is 0. The summed E-state index contributed by atoms with van der Waals surface area (Å²) in [5, 5.41) is 9.38. The molecule has 8 nitrogen and oxygen atoms in total. The van der Waals surface area contributed by atoms with Gasteiger partial charge in [0.2, 0.25) is 5.43 Å². The van der Waals surface area contributed by atoms with Gasteiger partial charge in [-0.1, -0.05) is 0 Å². The quantitative estimate of drug-likeness (QED) is 0.513. The van der Waals surface area contributed by atoms with E-state index in [1.807, 2.05) is 44.4 Å². The summed E-state index contributed by atoms with van der Waals surface area (Å²) in [6, 6.07) is 8.94. The van der Waals surface area contributed by atoms with Crippen LogP contribution in [0, 0.1) is 0 Å². The summed E-state index contributed by atoms with van der Waals surface area (Å²) < 4.78 is 14.6. The standard InChI is InChI=1S/C20H19N5O3/c1-3-27-17-9-14-8-16(4-5-18(14)21-11-17)28-13-19-20(26)6-7-25(23-19)15-10-22-24(2)12-15/h4-12H,3,13H2,1-2H3. The van der Waals surface area contributed by atoms with E-state index in [0.717, 1.165) is 16.6 Å². The fourth-order valence-electron chi connectivity index (χ4n) is 2.79. The van der Waals surface area contributed by atoms with E-state index in [2.05, 4.69) is 15.2 Å². The van der Waals surface area contributed by atoms with Crippen LogP contribution in [0.1, 0.15) is 12.6 Å². The zero-order chi connectivity index (χ0) is 19.5. The van der Waals surface area contributed by atoms with Crippen LogP contribution >= 0.6 is 0 Å². The van der Waals surface area contributed by atoms with Crippen LogP contribution in [-0.4, -0.2) is 31.2 Å². The summed E-state index contributed by atoms with van der Waals surface area (Å²) in [5.74, 6) is 1.33. The number of ether oxygens (including phenoxy) is 2. The number of fused-ring (bicyclic) bond motifs is 1. The molecular weight excluding hydrogens is 358 g/mol. The number of aromatic nitrogens is 5. The van der Waals surface area contributed by atoms with Gasteiger partial charge in [0.05, 0.1) is 30.7 Å². The van der Waals surface area contributed by atoms with Gasteiger partial charge in [-0.15, -0.1) is 0 Å². The maximum atomic E-state index is 12.2. The van der Waals surface area contributed by atoms with Gasteiger partial charge in [0, 0.05) is 24.7 Å². The van der Waals surface area contributed by atoms with Gasteiger partial charge in [0.25, 0.3) is 0 Å². The predicted octanol–water partition coefficient (Wildman–Crippen LogP) is 2.49. The molecule has 0 saturated carbocycles. The van der Waals surface area contributed by atoms with E-state index in [9.17, 15) is 4.79 Å². The molecule has 0 bridgehead atoms. The fourth-order valence-corrected chi connectivity index (χ4v) is 2.79. The molecule has 0 saturated heterocycles. The van der Waals surface area contributed by atoms with Crippen LogP contribution in [0.4, 0.5) is 0 Å². The number of benzene rings is 1. The van der Waals surface area contributed by atoms with E-state index in [4.69, 9.17) is 9.47 Å². The first-order valence-electron chi connectivity index (χ1n) is 8.85. The minimum Gasteiger partial charge on any atom is -0.492 e. The molecule has 0 radical (unpaired) electrons. The lowest BCUT2D eigenvalue weighted by Crippen LogP contribution is -2.17. The molecule has 0 aliphatic heterocycles. The number of pyridine rings is 1. The van der Waals surface area contributed by atoms with Gasteiger partial charge >= 0.3 is 0 Å². The minimum atomic E-state index is -0.179. The lowest BCUT2D eigenvalue weighted by atomic mass is 10.2. The molecule has 8 heteroatoms. The van der Waals surface area contributed by atoms with Crippen LogP contribution in [-0.2, 0) is 13.7 Å². The summed E-state index contributed by atoms with van der Waals surface area (Å²) in [6.07, 6.45) is 6.80. The van der Waals surface area contributed by atoms with Gasteiger partial charge < -0.3 is 9.47 Å². The summed E-state index contributed by atoms with van der Waals surface area (Å²) in [4.78, 5) is 16.5. The van der Waals surface area contributed by atoms with Crippen molar-refractivity contribution in [3.05, 3.63) is 71.0 Å². The molecule has 0 N–H and O–H groups in total. The average molecular weight is 377 g/mol. The van der Waals surface area contributed by atoms with E-state index < -0.39 is 0 Å². The normalized spacial score (nSPS) is 10.9. The molecule has 1 aromatic carbocycles. The average Bonchev–Trinajstić information content (AvgIpc) is 3.13. The van der Waals surface area contributed by atoms with Gasteiger partial charge in [-0.05, 0) is 31.2 Å². The second-order valence-electron chi connectivity index (χ2n) is 6.19. The van der Waals surface area contributed by atoms with Crippen molar-refractivity contribution in [3.63, 3.8) is 0 Å². The maximum Gasteiger partial charge on any atom is 0.206 e. The Morgan fingerprint density at radius 1 is 1.07 bits per heavy atom. The van der Waals surface area contributed by atoms with Gasteiger partial charge in [-0.25, -0.2) is 4.68 Å². The molecule has 0 fully saturated rings. The Morgan fingerprint density at radius 3 is 2.71 bits per heavy atom. The Kier molecular flexibility index (Phi) is 4.76. The van der Waals surface area contributed by atoms with Gasteiger partial charge in [-0.2, -0.15) is 10.2 Å². The van der Waals surface area contributed by atoms with Crippen molar-refractivity contribution in [1.82, 2.24) is 24.5 Å². The third-order valence-electron chi connectivity index (χ3n) is 4.15. The molecule has 3 aromatic heterocycles. The summed E-state index contributed by atoms with van der Waals surface area (Å²) >= 11 is 0. The summed E-state index contributed by atoms with van der Waals surface area (Å²) in [5.41, 5.74) is 1.74. The molecule has 0 amide bonds. The Hall–Kier alpha value is -3.68. The van der Waals surface area contributed by atoms with Crippen molar-refractivity contribution in [2.75, 3.05) is 6.61 Å². The molecule has 3 heterocycles. The monoisotopic (exact) mass is 377 g/mol. The first kappa shape index (κ1) is 17.7. The number of nitrogens with zero attached hydrogens (tertiary/aromatic N) is 5. The summed E-state index contributed by atoms with van der Waals surface area (Å²) in [6.45, 7) is 2.56. The van der Waals surface area contributed by atoms with Crippen LogP contribution in [0.5, 0.6) is 11.5 Å². The molecule has 0 aliphatic rings. The Morgan fingerprint density at radius 2 is 1.93 bits per heavy atom. The maximum absolute atomic E-state index is 12.2. The summed E-state index contributed by atoms with van der Waals surface area (Å²) in [7, 11) is 1.82. The molecule has 0 aliphatic carbocycles. The zero-order valence-electron chi connectivity index (χ0n) is 15.6. The van der Waals surface area contributed by atoms with Crippen molar-refractivity contribution in [2.24, 2.45) is 7.05 Å². The van der Waals surface area contributed by atoms with E-state index >= 15 is 0 Å².